The van der Waals surface area contributed by atoms with Crippen LogP contribution >= 0.6 is 12.4 Å². The van der Waals surface area contributed by atoms with Crippen LogP contribution in [0.2, 0.25) is 0 Å². The molecule has 0 radical (unpaired) electrons. The first-order valence-electron chi connectivity index (χ1n) is 8.67. The van der Waals surface area contributed by atoms with E-state index in [0.717, 1.165) is 5.56 Å². The maximum atomic E-state index is 12.2. The fourth-order valence-corrected chi connectivity index (χ4v) is 3.53. The average molecular weight is 381 g/mol. The molecule has 0 saturated carbocycles. The molecule has 3 aromatic rings. The monoisotopic (exact) mass is 380 g/mol. The van der Waals surface area contributed by atoms with Gasteiger partial charge < -0.3 is 10.5 Å². The van der Waals surface area contributed by atoms with Gasteiger partial charge >= 0.3 is 6.09 Å². The summed E-state index contributed by atoms with van der Waals surface area (Å²) in [5, 5.41) is 2.77. The van der Waals surface area contributed by atoms with Crippen LogP contribution < -0.4 is 11.1 Å². The smallest absolute Gasteiger partial charge is 0.411 e. The number of hydrogen-bond acceptors (Lipinski definition) is 3. The fourth-order valence-electron chi connectivity index (χ4n) is 3.53. The zero-order valence-corrected chi connectivity index (χ0v) is 15.5. The standard InChI is InChI=1S/C22H20N2O2.ClH/c23-13-15-6-5-7-16(12-15)24-22(25)26-14-21-19-10-3-1-8-17(19)18-9-2-4-11-20(18)21;/h1-12,21H,13-14,23H2,(H,24,25);1H. The van der Waals surface area contributed by atoms with Crippen LogP contribution in [-0.2, 0) is 11.3 Å². The zero-order valence-electron chi connectivity index (χ0n) is 14.7. The molecule has 0 aliphatic heterocycles. The lowest BCUT2D eigenvalue weighted by atomic mass is 9.98. The van der Waals surface area contributed by atoms with Crippen LogP contribution in [0.3, 0.4) is 0 Å². The second kappa shape index (κ2) is 8.25. The molecule has 4 nitrogen and oxygen atoms in total. The van der Waals surface area contributed by atoms with Gasteiger partial charge in [-0.15, -0.1) is 12.4 Å². The molecular formula is C22H21ClN2O2. The molecule has 3 aromatic carbocycles. The maximum absolute atomic E-state index is 12.2. The van der Waals surface area contributed by atoms with E-state index >= 15 is 0 Å². The number of ether oxygens (including phenoxy) is 1. The Balaban J connectivity index is 0.00000210. The van der Waals surface area contributed by atoms with E-state index in [1.807, 2.05) is 48.5 Å². The van der Waals surface area contributed by atoms with E-state index in [1.54, 1.807) is 0 Å². The lowest BCUT2D eigenvalue weighted by Gasteiger charge is -2.14. The van der Waals surface area contributed by atoms with E-state index in [2.05, 4.69) is 29.6 Å². The van der Waals surface area contributed by atoms with E-state index in [4.69, 9.17) is 10.5 Å². The van der Waals surface area contributed by atoms with Crippen LogP contribution in [0.4, 0.5) is 10.5 Å². The molecule has 27 heavy (non-hydrogen) atoms. The number of amides is 1. The lowest BCUT2D eigenvalue weighted by molar-refractivity contribution is 0.158. The van der Waals surface area contributed by atoms with Gasteiger partial charge in [-0.1, -0.05) is 60.7 Å². The quantitative estimate of drug-likeness (QED) is 0.674. The first-order chi connectivity index (χ1) is 12.8. The van der Waals surface area contributed by atoms with Gasteiger partial charge in [0, 0.05) is 18.2 Å². The summed E-state index contributed by atoms with van der Waals surface area (Å²) in [7, 11) is 0. The molecule has 1 aliphatic carbocycles. The molecule has 138 valence electrons. The molecule has 0 spiro atoms. The molecular weight excluding hydrogens is 360 g/mol. The van der Waals surface area contributed by atoms with Crippen molar-refractivity contribution in [2.45, 2.75) is 12.5 Å². The highest BCUT2D eigenvalue weighted by Gasteiger charge is 2.28. The van der Waals surface area contributed by atoms with Gasteiger partial charge in [-0.3, -0.25) is 5.32 Å². The fraction of sp³-hybridized carbons (Fsp3) is 0.136. The van der Waals surface area contributed by atoms with Crippen molar-refractivity contribution in [1.82, 2.24) is 0 Å². The number of hydrogen-bond donors (Lipinski definition) is 2. The molecule has 0 aromatic heterocycles. The second-order valence-electron chi connectivity index (χ2n) is 6.36. The van der Waals surface area contributed by atoms with E-state index in [1.165, 1.54) is 22.3 Å². The molecule has 1 amide bonds. The molecule has 4 rings (SSSR count). The van der Waals surface area contributed by atoms with E-state index in [9.17, 15) is 4.79 Å². The van der Waals surface area contributed by atoms with Gasteiger partial charge in [-0.25, -0.2) is 4.79 Å². The Morgan fingerprint density at radius 3 is 2.19 bits per heavy atom. The van der Waals surface area contributed by atoms with Gasteiger partial charge in [0.15, 0.2) is 0 Å². The van der Waals surface area contributed by atoms with Gasteiger partial charge in [0.2, 0.25) is 0 Å². The molecule has 0 atom stereocenters. The van der Waals surface area contributed by atoms with Gasteiger partial charge in [0.25, 0.3) is 0 Å². The average Bonchev–Trinajstić information content (AvgIpc) is 3.00. The van der Waals surface area contributed by atoms with Crippen LogP contribution in [0.1, 0.15) is 22.6 Å². The molecule has 3 N–H and O–H groups in total. The Morgan fingerprint density at radius 1 is 0.926 bits per heavy atom. The van der Waals surface area contributed by atoms with Gasteiger partial charge in [-0.05, 0) is 39.9 Å². The SMILES string of the molecule is Cl.NCc1cccc(NC(=O)OCC2c3ccccc3-c3ccccc32)c1. The van der Waals surface area contributed by atoms with Crippen molar-refractivity contribution in [2.75, 3.05) is 11.9 Å². The number of carbonyl (C=O) groups is 1. The van der Waals surface area contributed by atoms with Gasteiger partial charge in [0.1, 0.15) is 6.61 Å². The lowest BCUT2D eigenvalue weighted by Crippen LogP contribution is -2.18. The third-order valence-corrected chi connectivity index (χ3v) is 4.75. The van der Waals surface area contributed by atoms with Gasteiger partial charge in [-0.2, -0.15) is 0 Å². The predicted molar refractivity (Wildman–Crippen MR) is 110 cm³/mol. The van der Waals surface area contributed by atoms with Crippen LogP contribution in [0.5, 0.6) is 0 Å². The number of nitrogens with two attached hydrogens (primary N) is 1. The summed E-state index contributed by atoms with van der Waals surface area (Å²) < 4.78 is 5.54. The summed E-state index contributed by atoms with van der Waals surface area (Å²) in [6.07, 6.45) is -0.457. The summed E-state index contributed by atoms with van der Waals surface area (Å²) in [6.45, 7) is 0.733. The minimum atomic E-state index is -0.457. The van der Waals surface area contributed by atoms with Crippen molar-refractivity contribution < 1.29 is 9.53 Å². The molecule has 0 heterocycles. The molecule has 5 heteroatoms. The molecule has 0 unspecified atom stereocenters. The number of fused-ring (bicyclic) bond motifs is 3. The summed E-state index contributed by atoms with van der Waals surface area (Å²) in [5.41, 5.74) is 12.1. The summed E-state index contributed by atoms with van der Waals surface area (Å²) >= 11 is 0. The zero-order chi connectivity index (χ0) is 17.9. The highest BCUT2D eigenvalue weighted by molar-refractivity contribution is 5.85. The third kappa shape index (κ3) is 3.82. The van der Waals surface area contributed by atoms with Crippen LogP contribution in [0, 0.1) is 0 Å². The summed E-state index contributed by atoms with van der Waals surface area (Å²) in [5.74, 6) is 0.0588. The number of halogens is 1. The topological polar surface area (TPSA) is 64.3 Å². The van der Waals surface area contributed by atoms with Crippen molar-refractivity contribution in [3.05, 3.63) is 89.5 Å². The summed E-state index contributed by atoms with van der Waals surface area (Å²) in [4.78, 5) is 12.2. The van der Waals surface area contributed by atoms with Crippen LogP contribution in [-0.4, -0.2) is 12.7 Å². The molecule has 0 fully saturated rings. The third-order valence-electron chi connectivity index (χ3n) is 4.75. The minimum Gasteiger partial charge on any atom is -0.448 e. The number of nitrogens with one attached hydrogen (secondary N) is 1. The van der Waals surface area contributed by atoms with Crippen molar-refractivity contribution in [3.63, 3.8) is 0 Å². The molecule has 1 aliphatic rings. The summed E-state index contributed by atoms with van der Waals surface area (Å²) in [6, 6.07) is 24.0. The predicted octanol–water partition coefficient (Wildman–Crippen LogP) is 4.93. The Bertz CT molecular complexity index is 913. The minimum absolute atomic E-state index is 0. The van der Waals surface area contributed by atoms with Gasteiger partial charge in [0.05, 0.1) is 0 Å². The Hall–Kier alpha value is -2.82. The van der Waals surface area contributed by atoms with Crippen molar-refractivity contribution in [2.24, 2.45) is 5.73 Å². The second-order valence-corrected chi connectivity index (χ2v) is 6.36. The van der Waals surface area contributed by atoms with E-state index < -0.39 is 6.09 Å². The largest absolute Gasteiger partial charge is 0.448 e. The van der Waals surface area contributed by atoms with Crippen molar-refractivity contribution in [3.8, 4) is 11.1 Å². The van der Waals surface area contributed by atoms with Crippen LogP contribution in [0.25, 0.3) is 11.1 Å². The Labute approximate surface area is 164 Å². The highest BCUT2D eigenvalue weighted by Crippen LogP contribution is 2.44. The molecule has 0 saturated heterocycles. The number of benzene rings is 3. The Kier molecular flexibility index (Phi) is 5.79. The van der Waals surface area contributed by atoms with E-state index in [-0.39, 0.29) is 18.3 Å². The van der Waals surface area contributed by atoms with Crippen LogP contribution in [0.15, 0.2) is 72.8 Å². The highest BCUT2D eigenvalue weighted by atomic mass is 35.5. The first kappa shape index (κ1) is 19.0. The Morgan fingerprint density at radius 2 is 1.56 bits per heavy atom. The van der Waals surface area contributed by atoms with E-state index in [0.29, 0.717) is 18.8 Å². The molecule has 0 bridgehead atoms. The normalized spacial score (nSPS) is 11.9. The number of carbonyl (C=O) groups excluding carboxylic acids is 1. The maximum Gasteiger partial charge on any atom is 0.411 e. The van der Waals surface area contributed by atoms with Crippen molar-refractivity contribution >= 4 is 24.2 Å². The van der Waals surface area contributed by atoms with Crippen molar-refractivity contribution in [1.29, 1.82) is 0 Å². The number of anilines is 1. The first-order valence-corrected chi connectivity index (χ1v) is 8.67. The number of rotatable bonds is 4.